The molecule has 0 bridgehead atoms. The quantitative estimate of drug-likeness (QED) is 0.776. The van der Waals surface area contributed by atoms with Crippen LogP contribution in [0.5, 0.6) is 0 Å². The van der Waals surface area contributed by atoms with Gasteiger partial charge in [0.1, 0.15) is 0 Å². The van der Waals surface area contributed by atoms with Gasteiger partial charge in [-0.05, 0) is 24.9 Å². The molecule has 1 aliphatic heterocycles. The molecule has 0 aromatic heterocycles. The van der Waals surface area contributed by atoms with Crippen LogP contribution in [0.25, 0.3) is 0 Å². The molecular weight excluding hydrogens is 224 g/mol. The third-order valence-corrected chi connectivity index (χ3v) is 3.58. The van der Waals surface area contributed by atoms with E-state index in [1.54, 1.807) is 11.8 Å². The van der Waals surface area contributed by atoms with Crippen LogP contribution in [0, 0.1) is 0 Å². The topological polar surface area (TPSA) is 55.6 Å². The minimum Gasteiger partial charge on any atom is -0.377 e. The lowest BCUT2D eigenvalue weighted by Crippen LogP contribution is -2.53. The smallest absolute Gasteiger partial charge is 0.239 e. The number of nitrogens with two attached hydrogens (primary N) is 1. The largest absolute Gasteiger partial charge is 0.377 e. The minimum atomic E-state index is -0.348. The van der Waals surface area contributed by atoms with Crippen molar-refractivity contribution in [3.05, 3.63) is 0 Å². The second-order valence-electron chi connectivity index (χ2n) is 4.06. The van der Waals surface area contributed by atoms with Gasteiger partial charge < -0.3 is 15.4 Å². The molecule has 16 heavy (non-hydrogen) atoms. The summed E-state index contributed by atoms with van der Waals surface area (Å²) in [7, 11) is 0. The van der Waals surface area contributed by atoms with Gasteiger partial charge in [-0.25, -0.2) is 0 Å². The zero-order valence-corrected chi connectivity index (χ0v) is 11.0. The third kappa shape index (κ3) is 3.64. The van der Waals surface area contributed by atoms with E-state index in [2.05, 4.69) is 6.92 Å². The van der Waals surface area contributed by atoms with Gasteiger partial charge in [0.15, 0.2) is 0 Å². The van der Waals surface area contributed by atoms with Gasteiger partial charge in [0.05, 0.1) is 25.3 Å². The molecule has 1 rings (SSSR count). The molecule has 0 radical (unpaired) electrons. The fraction of sp³-hybridized carbons (Fsp3) is 0.909. The lowest BCUT2D eigenvalue weighted by molar-refractivity contribution is -0.141. The van der Waals surface area contributed by atoms with E-state index in [4.69, 9.17) is 10.5 Å². The molecule has 0 aliphatic carbocycles. The summed E-state index contributed by atoms with van der Waals surface area (Å²) in [6.45, 7) is 4.05. The number of rotatable bonds is 5. The molecule has 0 aromatic carbocycles. The maximum atomic E-state index is 12.1. The van der Waals surface area contributed by atoms with E-state index in [9.17, 15) is 4.79 Å². The number of carbonyl (C=O) groups excluding carboxylic acids is 1. The molecule has 1 aliphatic rings. The number of hydrogen-bond donors (Lipinski definition) is 1. The maximum Gasteiger partial charge on any atom is 0.239 e. The minimum absolute atomic E-state index is 0.0872. The standard InChI is InChI=1S/C11H22N2O2S/c1-3-9-8-15-6-5-13(9)11(14)10(12)4-7-16-2/h9-10H,3-8,12H2,1-2H3/t9-,10-/m0/s1. The van der Waals surface area contributed by atoms with Crippen molar-refractivity contribution in [3.8, 4) is 0 Å². The highest BCUT2D eigenvalue weighted by Crippen LogP contribution is 2.12. The number of ether oxygens (including phenoxy) is 1. The number of nitrogens with zero attached hydrogens (tertiary/aromatic N) is 1. The van der Waals surface area contributed by atoms with Gasteiger partial charge in [0.25, 0.3) is 0 Å². The van der Waals surface area contributed by atoms with Gasteiger partial charge in [-0.1, -0.05) is 6.92 Å². The summed E-state index contributed by atoms with van der Waals surface area (Å²) < 4.78 is 5.38. The predicted molar refractivity (Wildman–Crippen MR) is 67.6 cm³/mol. The van der Waals surface area contributed by atoms with Crippen molar-refractivity contribution >= 4 is 17.7 Å². The molecule has 1 saturated heterocycles. The fourth-order valence-electron chi connectivity index (χ4n) is 1.86. The molecule has 2 atom stereocenters. The van der Waals surface area contributed by atoms with Crippen LogP contribution in [0.3, 0.4) is 0 Å². The van der Waals surface area contributed by atoms with Crippen molar-refractivity contribution in [2.75, 3.05) is 31.8 Å². The number of morpholine rings is 1. The van der Waals surface area contributed by atoms with Crippen molar-refractivity contribution in [2.24, 2.45) is 5.73 Å². The molecule has 0 unspecified atom stereocenters. The van der Waals surface area contributed by atoms with Crippen LogP contribution in [0.15, 0.2) is 0 Å². The van der Waals surface area contributed by atoms with Gasteiger partial charge in [-0.3, -0.25) is 4.79 Å². The van der Waals surface area contributed by atoms with Crippen molar-refractivity contribution in [2.45, 2.75) is 31.8 Å². The molecule has 94 valence electrons. The van der Waals surface area contributed by atoms with E-state index < -0.39 is 0 Å². The number of thioether (sulfide) groups is 1. The zero-order chi connectivity index (χ0) is 12.0. The predicted octanol–water partition coefficient (Wildman–Crippen LogP) is 0.704. The number of carbonyl (C=O) groups is 1. The first kappa shape index (κ1) is 13.8. The Kier molecular flexibility index (Phi) is 6.16. The average Bonchev–Trinajstić information content (AvgIpc) is 2.34. The Morgan fingerprint density at radius 3 is 3.06 bits per heavy atom. The highest BCUT2D eigenvalue weighted by Gasteiger charge is 2.28. The summed E-state index contributed by atoms with van der Waals surface area (Å²) >= 11 is 1.73. The summed E-state index contributed by atoms with van der Waals surface area (Å²) in [5, 5.41) is 0. The summed E-state index contributed by atoms with van der Waals surface area (Å²) in [6, 6.07) is -0.138. The number of hydrogen-bond acceptors (Lipinski definition) is 4. The summed E-state index contributed by atoms with van der Waals surface area (Å²) in [4.78, 5) is 14.0. The second-order valence-corrected chi connectivity index (χ2v) is 5.04. The van der Waals surface area contributed by atoms with Gasteiger partial charge >= 0.3 is 0 Å². The molecular formula is C11H22N2O2S. The van der Waals surface area contributed by atoms with Gasteiger partial charge in [0, 0.05) is 6.54 Å². The molecule has 0 saturated carbocycles. The monoisotopic (exact) mass is 246 g/mol. The summed E-state index contributed by atoms with van der Waals surface area (Å²) in [6.07, 6.45) is 3.72. The highest BCUT2D eigenvalue weighted by atomic mass is 32.2. The van der Waals surface area contributed by atoms with Crippen LogP contribution in [0.1, 0.15) is 19.8 Å². The Bertz CT molecular complexity index is 226. The second kappa shape index (κ2) is 7.14. The SMILES string of the molecule is CC[C@H]1COCCN1C(=O)[C@@H](N)CCSC. The molecule has 4 nitrogen and oxygen atoms in total. The molecule has 1 heterocycles. The van der Waals surface area contributed by atoms with E-state index in [0.717, 1.165) is 18.6 Å². The van der Waals surface area contributed by atoms with Crippen LogP contribution < -0.4 is 5.73 Å². The van der Waals surface area contributed by atoms with E-state index in [1.165, 1.54) is 0 Å². The Hall–Kier alpha value is -0.260. The van der Waals surface area contributed by atoms with Crippen LogP contribution in [0.2, 0.25) is 0 Å². The third-order valence-electron chi connectivity index (χ3n) is 2.93. The van der Waals surface area contributed by atoms with Crippen molar-refractivity contribution in [1.29, 1.82) is 0 Å². The summed E-state index contributed by atoms with van der Waals surface area (Å²) in [5.74, 6) is 1.03. The van der Waals surface area contributed by atoms with Crippen LogP contribution >= 0.6 is 11.8 Å². The first-order valence-electron chi connectivity index (χ1n) is 5.83. The Morgan fingerprint density at radius 2 is 2.44 bits per heavy atom. The highest BCUT2D eigenvalue weighted by molar-refractivity contribution is 7.98. The van der Waals surface area contributed by atoms with Crippen LogP contribution in [0.4, 0.5) is 0 Å². The molecule has 2 N–H and O–H groups in total. The van der Waals surface area contributed by atoms with Crippen LogP contribution in [-0.4, -0.2) is 54.7 Å². The van der Waals surface area contributed by atoms with Gasteiger partial charge in [-0.15, -0.1) is 0 Å². The Labute approximate surface area is 102 Å². The molecule has 0 spiro atoms. The normalized spacial score (nSPS) is 23.2. The van der Waals surface area contributed by atoms with E-state index in [1.807, 2.05) is 11.2 Å². The Balaban J connectivity index is 2.49. The first-order chi connectivity index (χ1) is 7.70. The zero-order valence-electron chi connectivity index (χ0n) is 10.1. The lowest BCUT2D eigenvalue weighted by atomic mass is 10.1. The average molecular weight is 246 g/mol. The lowest BCUT2D eigenvalue weighted by Gasteiger charge is -2.36. The molecule has 1 amide bonds. The van der Waals surface area contributed by atoms with Crippen LogP contribution in [-0.2, 0) is 9.53 Å². The van der Waals surface area contributed by atoms with E-state index in [0.29, 0.717) is 19.8 Å². The maximum absolute atomic E-state index is 12.1. The first-order valence-corrected chi connectivity index (χ1v) is 7.22. The van der Waals surface area contributed by atoms with Crippen molar-refractivity contribution < 1.29 is 9.53 Å². The van der Waals surface area contributed by atoms with E-state index in [-0.39, 0.29) is 18.0 Å². The van der Waals surface area contributed by atoms with Crippen molar-refractivity contribution in [1.82, 2.24) is 4.90 Å². The molecule has 1 fully saturated rings. The molecule has 5 heteroatoms. The van der Waals surface area contributed by atoms with E-state index >= 15 is 0 Å². The van der Waals surface area contributed by atoms with Gasteiger partial charge in [-0.2, -0.15) is 11.8 Å². The van der Waals surface area contributed by atoms with Crippen molar-refractivity contribution in [3.63, 3.8) is 0 Å². The molecule has 0 aromatic rings. The number of amides is 1. The fourth-order valence-corrected chi connectivity index (χ4v) is 2.35. The Morgan fingerprint density at radius 1 is 1.69 bits per heavy atom. The summed E-state index contributed by atoms with van der Waals surface area (Å²) in [5.41, 5.74) is 5.91. The van der Waals surface area contributed by atoms with Gasteiger partial charge in [0.2, 0.25) is 5.91 Å².